The molecule has 0 spiro atoms. The van der Waals surface area contributed by atoms with Crippen LogP contribution in [-0.4, -0.2) is 76.6 Å². The Labute approximate surface area is 266 Å². The Morgan fingerprint density at radius 1 is 1.25 bits per heavy atom. The third-order valence-electron chi connectivity index (χ3n) is 9.37. The van der Waals surface area contributed by atoms with Crippen LogP contribution in [0.5, 0.6) is 6.01 Å². The van der Waals surface area contributed by atoms with E-state index in [1.54, 1.807) is 0 Å². The second-order valence-corrected chi connectivity index (χ2v) is 13.2. The summed E-state index contributed by atoms with van der Waals surface area (Å²) in [7, 11) is 2.14. The first kappa shape index (κ1) is 33.7. The number of halogens is 2. The van der Waals surface area contributed by atoms with Crippen LogP contribution < -0.4 is 9.64 Å². The normalized spacial score (nSPS) is 20.8. The van der Waals surface area contributed by atoms with Gasteiger partial charge in [-0.05, 0) is 70.5 Å². The van der Waals surface area contributed by atoms with E-state index in [1.165, 1.54) is 4.90 Å². The van der Waals surface area contributed by atoms with Crippen molar-refractivity contribution in [2.24, 2.45) is 0 Å². The van der Waals surface area contributed by atoms with E-state index < -0.39 is 17.8 Å². The van der Waals surface area contributed by atoms with Gasteiger partial charge in [0.05, 0.1) is 24.2 Å². The molecule has 1 aromatic carbocycles. The third kappa shape index (κ3) is 7.70. The quantitative estimate of drug-likeness (QED) is 0.250. The van der Waals surface area contributed by atoms with Crippen molar-refractivity contribution in [2.75, 3.05) is 38.2 Å². The van der Waals surface area contributed by atoms with Crippen LogP contribution in [0.25, 0.3) is 0 Å². The van der Waals surface area contributed by atoms with Crippen LogP contribution in [0.2, 0.25) is 5.02 Å². The first-order valence-corrected chi connectivity index (χ1v) is 16.1. The number of likely N-dealkylation sites (N-methyl/N-ethyl adjacent to an activating group) is 1. The van der Waals surface area contributed by atoms with Gasteiger partial charge in [-0.3, -0.25) is 9.69 Å². The Hall–Kier alpha value is -3.22. The predicted octanol–water partition coefficient (Wildman–Crippen LogP) is 6.48. The van der Waals surface area contributed by atoms with E-state index in [2.05, 4.69) is 63.3 Å². The Bertz CT molecular complexity index is 1380. The first-order valence-electron chi connectivity index (χ1n) is 15.7. The summed E-state index contributed by atoms with van der Waals surface area (Å²) in [5, 5.41) is 10.3. The van der Waals surface area contributed by atoms with Crippen molar-refractivity contribution < 1.29 is 13.9 Å². The molecule has 1 amide bonds. The zero-order valence-electron chi connectivity index (χ0n) is 26.8. The number of carbonyl (C=O) groups excluding carboxylic acids is 1. The average Bonchev–Trinajstić information content (AvgIpc) is 3.26. The van der Waals surface area contributed by atoms with Crippen LogP contribution in [0.1, 0.15) is 82.5 Å². The van der Waals surface area contributed by atoms with Crippen LogP contribution in [0, 0.1) is 11.3 Å². The largest absolute Gasteiger partial charge is 0.462 e. The van der Waals surface area contributed by atoms with Crippen LogP contribution in [-0.2, 0) is 17.6 Å². The Kier molecular flexibility index (Phi) is 11.3. The van der Waals surface area contributed by atoms with Gasteiger partial charge in [-0.15, -0.1) is 0 Å². The van der Waals surface area contributed by atoms with Crippen molar-refractivity contribution >= 4 is 23.3 Å². The molecule has 8 nitrogen and oxygen atoms in total. The van der Waals surface area contributed by atoms with E-state index in [9.17, 15) is 14.4 Å². The number of ether oxygens (including phenoxy) is 1. The number of nitrogens with zero attached hydrogens (tertiary/aromatic N) is 6. The number of rotatable bonds is 12. The molecule has 2 saturated heterocycles. The summed E-state index contributed by atoms with van der Waals surface area (Å²) in [4.78, 5) is 28.5. The Morgan fingerprint density at radius 2 is 2.00 bits per heavy atom. The summed E-state index contributed by atoms with van der Waals surface area (Å²) >= 11 is 6.48. The highest BCUT2D eigenvalue weighted by Gasteiger charge is 2.37. The van der Waals surface area contributed by atoms with Gasteiger partial charge in [0.1, 0.15) is 12.4 Å². The second-order valence-electron chi connectivity index (χ2n) is 12.8. The molecule has 0 saturated carbocycles. The van der Waals surface area contributed by atoms with Gasteiger partial charge in [-0.25, -0.2) is 4.39 Å². The number of piperazine rings is 1. The molecule has 0 bridgehead atoms. The fourth-order valence-corrected chi connectivity index (χ4v) is 6.63. The highest BCUT2D eigenvalue weighted by molar-refractivity contribution is 6.31. The monoisotopic (exact) mass is 624 g/mol. The number of carbonyl (C=O) groups is 1. The van der Waals surface area contributed by atoms with E-state index in [0.29, 0.717) is 25.7 Å². The minimum atomic E-state index is -1.01. The van der Waals surface area contributed by atoms with Gasteiger partial charge >= 0.3 is 6.01 Å². The molecule has 2 aromatic rings. The fraction of sp³-hybridized carbons (Fsp3) is 0.588. The molecule has 3 heterocycles. The number of amides is 1. The van der Waals surface area contributed by atoms with Gasteiger partial charge in [-0.2, -0.15) is 15.2 Å². The van der Waals surface area contributed by atoms with Crippen molar-refractivity contribution in [3.63, 3.8) is 0 Å². The standard InChI is InChI=1S/C34H46ClFN6O2/c1-7-10-28-30(23(2)13-14-25-11-8-9-12-29(25)35)38-33(44-22-27-15-17-34(4,5)40(27)6)39-31(28)41-19-20-42(32(43)24(3)36)26(21-41)16-18-37/h8-9,11-12,23,26-27H,3,7,10,13-17,19-22H2,1-2,4-6H3/t23-,26?,27?/m1/s1. The van der Waals surface area contributed by atoms with E-state index >= 15 is 0 Å². The number of aromatic nitrogens is 2. The smallest absolute Gasteiger partial charge is 0.318 e. The van der Waals surface area contributed by atoms with E-state index in [0.717, 1.165) is 66.2 Å². The molecule has 1 aromatic heterocycles. The molecule has 238 valence electrons. The molecule has 2 aliphatic heterocycles. The van der Waals surface area contributed by atoms with Gasteiger partial charge in [0, 0.05) is 41.8 Å². The number of aryl methyl sites for hydroxylation is 1. The van der Waals surface area contributed by atoms with Crippen LogP contribution >= 0.6 is 11.6 Å². The zero-order valence-corrected chi connectivity index (χ0v) is 27.5. The summed E-state index contributed by atoms with van der Waals surface area (Å²) in [5.41, 5.74) is 3.22. The lowest BCUT2D eigenvalue weighted by molar-refractivity contribution is -0.131. The average molecular weight is 625 g/mol. The lowest BCUT2D eigenvalue weighted by Gasteiger charge is -2.41. The first-order chi connectivity index (χ1) is 21.0. The molecule has 3 atom stereocenters. The number of nitriles is 1. The topological polar surface area (TPSA) is 85.6 Å². The number of benzene rings is 1. The second kappa shape index (κ2) is 14.7. The van der Waals surface area contributed by atoms with Gasteiger partial charge in [0.15, 0.2) is 5.83 Å². The summed E-state index contributed by atoms with van der Waals surface area (Å²) in [5.74, 6) is -0.910. The highest BCUT2D eigenvalue weighted by atomic mass is 35.5. The van der Waals surface area contributed by atoms with Crippen molar-refractivity contribution in [3.8, 4) is 12.1 Å². The van der Waals surface area contributed by atoms with E-state index in [1.807, 2.05) is 18.2 Å². The maximum atomic E-state index is 13.8. The molecule has 0 radical (unpaired) electrons. The van der Waals surface area contributed by atoms with E-state index in [4.69, 9.17) is 26.3 Å². The summed E-state index contributed by atoms with van der Waals surface area (Å²) < 4.78 is 20.2. The van der Waals surface area contributed by atoms with Crippen molar-refractivity contribution in [3.05, 3.63) is 58.5 Å². The van der Waals surface area contributed by atoms with Crippen molar-refractivity contribution in [1.82, 2.24) is 19.8 Å². The molecule has 2 unspecified atom stereocenters. The Morgan fingerprint density at radius 3 is 2.64 bits per heavy atom. The zero-order chi connectivity index (χ0) is 32.0. The SMILES string of the molecule is C=C(F)C(=O)N1CCN(c2nc(OCC3CCC(C)(C)N3C)nc([C@H](C)CCc3ccccc3Cl)c2CCC)CC1CC#N. The molecule has 4 rings (SSSR count). The molecular formula is C34H46ClFN6O2. The number of anilines is 1. The maximum absolute atomic E-state index is 13.8. The Balaban J connectivity index is 1.68. The third-order valence-corrected chi connectivity index (χ3v) is 9.74. The van der Waals surface area contributed by atoms with Crippen molar-refractivity contribution in [2.45, 2.75) is 96.2 Å². The minimum Gasteiger partial charge on any atom is -0.462 e. The molecule has 2 fully saturated rings. The minimum absolute atomic E-state index is 0.0813. The molecule has 0 aliphatic carbocycles. The van der Waals surface area contributed by atoms with Crippen LogP contribution in [0.3, 0.4) is 0 Å². The van der Waals surface area contributed by atoms with Gasteiger partial charge in [0.2, 0.25) is 0 Å². The lowest BCUT2D eigenvalue weighted by atomic mass is 9.93. The predicted molar refractivity (Wildman–Crippen MR) is 173 cm³/mol. The fourth-order valence-electron chi connectivity index (χ4n) is 6.40. The summed E-state index contributed by atoms with van der Waals surface area (Å²) in [6, 6.07) is 10.2. The number of likely N-dealkylation sites (tertiary alicyclic amines) is 1. The maximum Gasteiger partial charge on any atom is 0.318 e. The molecule has 44 heavy (non-hydrogen) atoms. The summed E-state index contributed by atoms with van der Waals surface area (Å²) in [6.45, 7) is 13.6. The van der Waals surface area contributed by atoms with Crippen LogP contribution in [0.4, 0.5) is 10.2 Å². The molecule has 10 heteroatoms. The highest BCUT2D eigenvalue weighted by Crippen LogP contribution is 2.35. The van der Waals surface area contributed by atoms with Gasteiger partial charge < -0.3 is 14.5 Å². The lowest BCUT2D eigenvalue weighted by Crippen LogP contribution is -2.55. The molecule has 2 aliphatic rings. The number of hydrogen-bond donors (Lipinski definition) is 0. The van der Waals surface area contributed by atoms with E-state index in [-0.39, 0.29) is 30.5 Å². The van der Waals surface area contributed by atoms with Gasteiger partial charge in [0.25, 0.3) is 5.91 Å². The summed E-state index contributed by atoms with van der Waals surface area (Å²) in [6.07, 6.45) is 5.53. The number of hydrogen-bond acceptors (Lipinski definition) is 7. The molecule has 0 N–H and O–H groups in total. The van der Waals surface area contributed by atoms with Crippen molar-refractivity contribution in [1.29, 1.82) is 5.26 Å². The van der Waals surface area contributed by atoms with Gasteiger partial charge in [-0.1, -0.05) is 56.6 Å². The molecular weight excluding hydrogens is 579 g/mol. The van der Waals surface area contributed by atoms with Crippen LogP contribution in [0.15, 0.2) is 36.7 Å².